The van der Waals surface area contributed by atoms with Crippen molar-refractivity contribution in [3.63, 3.8) is 0 Å². The average molecular weight is 399 g/mol. The highest BCUT2D eigenvalue weighted by Crippen LogP contribution is 2.31. The number of hydrogen-bond acceptors (Lipinski definition) is 5. The van der Waals surface area contributed by atoms with E-state index in [1.807, 2.05) is 21.7 Å². The summed E-state index contributed by atoms with van der Waals surface area (Å²) in [5, 5.41) is 8.89. The fourth-order valence-corrected chi connectivity index (χ4v) is 4.42. The summed E-state index contributed by atoms with van der Waals surface area (Å²) in [5.74, 6) is 0.447. The number of nitrogens with one attached hydrogen (secondary N) is 1. The molecule has 1 atom stereocenters. The van der Waals surface area contributed by atoms with Crippen LogP contribution < -0.4 is 5.32 Å². The third-order valence-electron chi connectivity index (χ3n) is 6.06. The van der Waals surface area contributed by atoms with E-state index in [1.54, 1.807) is 13.1 Å². The minimum Gasteiger partial charge on any atom is -0.354 e. The monoisotopic (exact) mass is 398 g/mol. The Kier molecular flexibility index (Phi) is 6.08. The first kappa shape index (κ1) is 19.8. The molecule has 0 aromatic carbocycles. The second-order valence-electron chi connectivity index (χ2n) is 8.08. The van der Waals surface area contributed by atoms with Gasteiger partial charge in [0, 0.05) is 57.0 Å². The van der Waals surface area contributed by atoms with Crippen LogP contribution in [0.3, 0.4) is 0 Å². The Hall–Kier alpha value is -2.48. The number of rotatable bonds is 7. The first-order valence-electron chi connectivity index (χ1n) is 10.7. The zero-order valence-electron chi connectivity index (χ0n) is 17.1. The number of nitrogens with zero attached hydrogens (tertiary/aromatic N) is 5. The van der Waals surface area contributed by atoms with Gasteiger partial charge in [-0.2, -0.15) is 5.10 Å². The maximum Gasteiger partial charge on any atom is 0.221 e. The largest absolute Gasteiger partial charge is 0.354 e. The van der Waals surface area contributed by atoms with Crippen LogP contribution in [0.2, 0.25) is 0 Å². The Labute approximate surface area is 171 Å². The van der Waals surface area contributed by atoms with Gasteiger partial charge in [0.15, 0.2) is 5.65 Å². The smallest absolute Gasteiger partial charge is 0.221 e. The molecule has 2 fully saturated rings. The van der Waals surface area contributed by atoms with Crippen molar-refractivity contribution in [1.82, 2.24) is 29.9 Å². The van der Waals surface area contributed by atoms with Gasteiger partial charge in [-0.25, -0.2) is 9.67 Å². The molecule has 1 unspecified atom stereocenters. The second-order valence-corrected chi connectivity index (χ2v) is 8.08. The maximum absolute atomic E-state index is 12.1. The molecule has 2 amide bonds. The molecule has 0 saturated carbocycles. The van der Waals surface area contributed by atoms with Gasteiger partial charge in [-0.05, 0) is 44.5 Å². The molecule has 0 spiro atoms. The lowest BCUT2D eigenvalue weighted by molar-refractivity contribution is -0.127. The van der Waals surface area contributed by atoms with Crippen molar-refractivity contribution < 1.29 is 9.59 Å². The first-order valence-corrected chi connectivity index (χ1v) is 10.7. The summed E-state index contributed by atoms with van der Waals surface area (Å²) in [7, 11) is 0. The lowest BCUT2D eigenvalue weighted by atomic mass is 10.0. The van der Waals surface area contributed by atoms with E-state index in [-0.39, 0.29) is 17.7 Å². The van der Waals surface area contributed by atoms with Crippen LogP contribution in [0.15, 0.2) is 18.3 Å². The Morgan fingerprint density at radius 3 is 2.79 bits per heavy atom. The fourth-order valence-electron chi connectivity index (χ4n) is 4.42. The lowest BCUT2D eigenvalue weighted by Gasteiger charge is -2.14. The van der Waals surface area contributed by atoms with Crippen LogP contribution >= 0.6 is 0 Å². The first-order chi connectivity index (χ1) is 14.1. The summed E-state index contributed by atoms with van der Waals surface area (Å²) in [6, 6.07) is 3.97. The molecule has 0 aliphatic carbocycles. The minimum absolute atomic E-state index is 0.0921. The van der Waals surface area contributed by atoms with Crippen LogP contribution in [-0.4, -0.2) is 75.6 Å². The van der Waals surface area contributed by atoms with Gasteiger partial charge < -0.3 is 15.1 Å². The third-order valence-corrected chi connectivity index (χ3v) is 6.06. The lowest BCUT2D eigenvalue weighted by Crippen LogP contribution is -2.31. The molecule has 2 saturated heterocycles. The van der Waals surface area contributed by atoms with Crippen molar-refractivity contribution in [3.8, 4) is 0 Å². The van der Waals surface area contributed by atoms with Crippen LogP contribution in [0.4, 0.5) is 0 Å². The molecule has 29 heavy (non-hydrogen) atoms. The van der Waals surface area contributed by atoms with Crippen molar-refractivity contribution in [2.45, 2.75) is 45.1 Å². The van der Waals surface area contributed by atoms with E-state index in [4.69, 9.17) is 5.10 Å². The van der Waals surface area contributed by atoms with Crippen LogP contribution in [0.5, 0.6) is 0 Å². The molecule has 4 heterocycles. The fraction of sp³-hybridized carbons (Fsp3) is 0.619. The van der Waals surface area contributed by atoms with Gasteiger partial charge in [0.1, 0.15) is 0 Å². The van der Waals surface area contributed by atoms with Gasteiger partial charge in [-0.1, -0.05) is 0 Å². The predicted octanol–water partition coefficient (Wildman–Crippen LogP) is 1.37. The predicted molar refractivity (Wildman–Crippen MR) is 110 cm³/mol. The summed E-state index contributed by atoms with van der Waals surface area (Å²) in [6.45, 7) is 7.31. The van der Waals surface area contributed by atoms with Crippen LogP contribution in [0, 0.1) is 0 Å². The molecule has 0 radical (unpaired) electrons. The van der Waals surface area contributed by atoms with Crippen LogP contribution in [0.1, 0.15) is 44.2 Å². The summed E-state index contributed by atoms with van der Waals surface area (Å²) < 4.78 is 1.89. The quantitative estimate of drug-likeness (QED) is 0.762. The van der Waals surface area contributed by atoms with Gasteiger partial charge >= 0.3 is 0 Å². The molecule has 8 heteroatoms. The van der Waals surface area contributed by atoms with E-state index in [0.717, 1.165) is 49.3 Å². The highest BCUT2D eigenvalue weighted by Gasteiger charge is 2.29. The Balaban J connectivity index is 1.36. The summed E-state index contributed by atoms with van der Waals surface area (Å²) in [5.41, 5.74) is 1.85. The highest BCUT2D eigenvalue weighted by atomic mass is 16.2. The van der Waals surface area contributed by atoms with Crippen molar-refractivity contribution in [2.24, 2.45) is 0 Å². The number of likely N-dealkylation sites (tertiary alicyclic amines) is 2. The number of hydrogen-bond donors (Lipinski definition) is 1. The van der Waals surface area contributed by atoms with Crippen molar-refractivity contribution in [1.29, 1.82) is 0 Å². The number of fused-ring (bicyclic) bond motifs is 1. The van der Waals surface area contributed by atoms with E-state index in [9.17, 15) is 9.59 Å². The second kappa shape index (κ2) is 8.90. The number of amides is 2. The Morgan fingerprint density at radius 1 is 1.21 bits per heavy atom. The zero-order valence-corrected chi connectivity index (χ0v) is 17.1. The highest BCUT2D eigenvalue weighted by molar-refractivity contribution is 5.79. The number of carbonyl (C=O) groups excluding carboxylic acids is 2. The van der Waals surface area contributed by atoms with Gasteiger partial charge in [0.2, 0.25) is 11.8 Å². The SMILES string of the molecule is CC(=O)N1CCC(c2nn(CCNC(=O)CCN3CCCC3)c3ncccc23)C1. The van der Waals surface area contributed by atoms with Crippen molar-refractivity contribution in [2.75, 3.05) is 39.3 Å². The molecule has 4 rings (SSSR count). The molecule has 2 aromatic heterocycles. The Morgan fingerprint density at radius 2 is 2.03 bits per heavy atom. The molecule has 156 valence electrons. The molecular weight excluding hydrogens is 368 g/mol. The topological polar surface area (TPSA) is 83.4 Å². The molecule has 2 aromatic rings. The van der Waals surface area contributed by atoms with Gasteiger partial charge in [-0.15, -0.1) is 0 Å². The third kappa shape index (κ3) is 4.58. The maximum atomic E-state index is 12.1. The van der Waals surface area contributed by atoms with E-state index in [2.05, 4.69) is 15.2 Å². The van der Waals surface area contributed by atoms with Gasteiger partial charge in [0.05, 0.1) is 12.2 Å². The van der Waals surface area contributed by atoms with Crippen molar-refractivity contribution >= 4 is 22.8 Å². The standard InChI is InChI=1S/C21H30N6O2/c1-16(28)26-13-6-17(15-26)20-18-5-4-8-23-21(18)27(24-20)14-9-22-19(29)7-12-25-10-2-3-11-25/h4-5,8,17H,2-3,6-7,9-15H2,1H3,(H,22,29). The molecule has 0 bridgehead atoms. The van der Waals surface area contributed by atoms with E-state index in [1.165, 1.54) is 12.8 Å². The number of aromatic nitrogens is 3. The molecule has 2 aliphatic heterocycles. The Bertz CT molecular complexity index is 873. The summed E-state index contributed by atoms with van der Waals surface area (Å²) in [4.78, 5) is 32.6. The van der Waals surface area contributed by atoms with Crippen molar-refractivity contribution in [3.05, 3.63) is 24.0 Å². The number of pyridine rings is 1. The molecular formula is C21H30N6O2. The van der Waals surface area contributed by atoms with E-state index >= 15 is 0 Å². The minimum atomic E-state index is 0.0921. The summed E-state index contributed by atoms with van der Waals surface area (Å²) >= 11 is 0. The zero-order chi connectivity index (χ0) is 20.2. The molecule has 8 nitrogen and oxygen atoms in total. The number of carbonyl (C=O) groups is 2. The molecule has 1 N–H and O–H groups in total. The van der Waals surface area contributed by atoms with Gasteiger partial charge in [-0.3, -0.25) is 9.59 Å². The summed E-state index contributed by atoms with van der Waals surface area (Å²) in [6.07, 6.45) is 5.73. The average Bonchev–Trinajstić information content (AvgIpc) is 3.46. The van der Waals surface area contributed by atoms with Crippen LogP contribution in [0.25, 0.3) is 11.0 Å². The van der Waals surface area contributed by atoms with E-state index in [0.29, 0.717) is 26.1 Å². The normalized spacial score (nSPS) is 19.9. The molecule has 2 aliphatic rings. The van der Waals surface area contributed by atoms with E-state index < -0.39 is 0 Å². The van der Waals surface area contributed by atoms with Crippen LogP contribution in [-0.2, 0) is 16.1 Å². The van der Waals surface area contributed by atoms with Gasteiger partial charge in [0.25, 0.3) is 0 Å².